The topological polar surface area (TPSA) is 134 Å². The molecule has 2 aliphatic rings. The Morgan fingerprint density at radius 2 is 2.22 bits per heavy atom. The molecule has 1 atom stereocenters. The van der Waals surface area contributed by atoms with Crippen LogP contribution in [-0.2, 0) is 17.6 Å². The molecule has 1 unspecified atom stereocenters. The minimum atomic E-state index is -0.458. The fourth-order valence-electron chi connectivity index (χ4n) is 3.39. The minimum absolute atomic E-state index is 0. The number of aryl methyl sites for hydroxylation is 2. The molecule has 150 valence electrons. The zero-order valence-electron chi connectivity index (χ0n) is 16.3. The standard InChI is InChI=1S/C15H22N2O.C5H8N2O.H2O/c1-3-4-5-12-9-8-11-7-6-10(2)13(11)14(12)17-15(16)18;6-2-1-5-7-3-4-8-5;/h8-10H,3-7H2,1-2H3,(H3,16,17,18);1-2H,3-4,6H2;1H2/b;2-1-;. The van der Waals surface area contributed by atoms with Gasteiger partial charge in [-0.2, -0.15) is 0 Å². The van der Waals surface area contributed by atoms with Gasteiger partial charge in [-0.25, -0.2) is 9.79 Å². The summed E-state index contributed by atoms with van der Waals surface area (Å²) in [6, 6.07) is 3.91. The van der Waals surface area contributed by atoms with Crippen LogP contribution in [0, 0.1) is 0 Å². The molecule has 27 heavy (non-hydrogen) atoms. The second kappa shape index (κ2) is 11.2. The number of nitrogens with zero attached hydrogens (tertiary/aromatic N) is 1. The van der Waals surface area contributed by atoms with Gasteiger partial charge in [-0.05, 0) is 54.5 Å². The van der Waals surface area contributed by atoms with Gasteiger partial charge in [-0.1, -0.05) is 32.4 Å². The number of primary amides is 1. The summed E-state index contributed by atoms with van der Waals surface area (Å²) in [5.41, 5.74) is 15.3. The Balaban J connectivity index is 0.000000342. The van der Waals surface area contributed by atoms with Crippen molar-refractivity contribution in [1.29, 1.82) is 0 Å². The number of urea groups is 1. The monoisotopic (exact) mass is 376 g/mol. The van der Waals surface area contributed by atoms with Crippen LogP contribution in [0.2, 0.25) is 0 Å². The van der Waals surface area contributed by atoms with Gasteiger partial charge >= 0.3 is 6.03 Å². The lowest BCUT2D eigenvalue weighted by Gasteiger charge is -2.17. The zero-order chi connectivity index (χ0) is 18.9. The Morgan fingerprint density at radius 1 is 1.44 bits per heavy atom. The second-order valence-corrected chi connectivity index (χ2v) is 6.63. The summed E-state index contributed by atoms with van der Waals surface area (Å²) in [6.45, 7) is 5.86. The highest BCUT2D eigenvalue weighted by Crippen LogP contribution is 2.40. The average molecular weight is 377 g/mol. The number of amides is 2. The van der Waals surface area contributed by atoms with Crippen LogP contribution < -0.4 is 16.8 Å². The molecular weight excluding hydrogens is 344 g/mol. The van der Waals surface area contributed by atoms with Crippen LogP contribution in [0.4, 0.5) is 10.5 Å². The first kappa shape index (κ1) is 22.5. The van der Waals surface area contributed by atoms with Crippen LogP contribution in [0.1, 0.15) is 55.7 Å². The van der Waals surface area contributed by atoms with Crippen LogP contribution >= 0.6 is 0 Å². The molecule has 0 aromatic heterocycles. The fourth-order valence-corrected chi connectivity index (χ4v) is 3.39. The van der Waals surface area contributed by atoms with E-state index in [1.807, 2.05) is 0 Å². The number of hydrogen-bond acceptors (Lipinski definition) is 4. The van der Waals surface area contributed by atoms with E-state index in [0.29, 0.717) is 18.4 Å². The maximum atomic E-state index is 11.2. The van der Waals surface area contributed by atoms with E-state index in [-0.39, 0.29) is 5.48 Å². The van der Waals surface area contributed by atoms with E-state index in [2.05, 4.69) is 36.3 Å². The smallest absolute Gasteiger partial charge is 0.316 e. The van der Waals surface area contributed by atoms with E-state index in [1.165, 1.54) is 29.3 Å². The number of nitrogens with two attached hydrogens (primary N) is 2. The van der Waals surface area contributed by atoms with Gasteiger partial charge in [-0.15, -0.1) is 0 Å². The molecular formula is C20H32N4O3. The van der Waals surface area contributed by atoms with Crippen molar-refractivity contribution in [2.45, 2.75) is 51.9 Å². The Labute approximate surface area is 161 Å². The molecule has 0 radical (unpaired) electrons. The summed E-state index contributed by atoms with van der Waals surface area (Å²) in [7, 11) is 0. The lowest BCUT2D eigenvalue weighted by atomic mass is 9.95. The maximum Gasteiger partial charge on any atom is 0.316 e. The van der Waals surface area contributed by atoms with Gasteiger partial charge in [0.25, 0.3) is 0 Å². The van der Waals surface area contributed by atoms with Crippen molar-refractivity contribution >= 4 is 17.6 Å². The van der Waals surface area contributed by atoms with Crippen molar-refractivity contribution < 1.29 is 15.0 Å². The third kappa shape index (κ3) is 6.29. The summed E-state index contributed by atoms with van der Waals surface area (Å²) in [4.78, 5) is 15.2. The van der Waals surface area contributed by atoms with Gasteiger partial charge in [0.2, 0.25) is 5.90 Å². The summed E-state index contributed by atoms with van der Waals surface area (Å²) in [5.74, 6) is 1.16. The van der Waals surface area contributed by atoms with Crippen molar-refractivity contribution in [3.8, 4) is 0 Å². The van der Waals surface area contributed by atoms with Crippen molar-refractivity contribution in [3.63, 3.8) is 0 Å². The largest absolute Gasteiger partial charge is 0.476 e. The SMILES string of the molecule is CCCCc1ccc2c(c1NC(N)=O)C(C)CC2.N/C=C\C1=NCCO1.O. The molecule has 0 saturated heterocycles. The molecule has 1 heterocycles. The average Bonchev–Trinajstić information content (AvgIpc) is 3.25. The van der Waals surface area contributed by atoms with Gasteiger partial charge in [0, 0.05) is 11.8 Å². The molecule has 7 N–H and O–H groups in total. The number of ether oxygens (including phenoxy) is 1. The summed E-state index contributed by atoms with van der Waals surface area (Å²) < 4.78 is 4.98. The molecule has 1 aromatic carbocycles. The van der Waals surface area contributed by atoms with Crippen molar-refractivity contribution in [1.82, 2.24) is 0 Å². The number of carbonyl (C=O) groups is 1. The number of fused-ring (bicyclic) bond motifs is 1. The number of anilines is 1. The molecule has 2 amide bonds. The summed E-state index contributed by atoms with van der Waals surface area (Å²) in [5, 5.41) is 2.85. The van der Waals surface area contributed by atoms with E-state index in [9.17, 15) is 4.79 Å². The number of hydrogen-bond donors (Lipinski definition) is 3. The molecule has 1 aliphatic carbocycles. The summed E-state index contributed by atoms with van der Waals surface area (Å²) >= 11 is 0. The predicted octanol–water partition coefficient (Wildman–Crippen LogP) is 2.63. The normalized spacial score (nSPS) is 17.3. The third-order valence-electron chi connectivity index (χ3n) is 4.66. The summed E-state index contributed by atoms with van der Waals surface area (Å²) in [6.07, 6.45) is 8.64. The minimum Gasteiger partial charge on any atom is -0.476 e. The van der Waals surface area contributed by atoms with Gasteiger partial charge in [0.1, 0.15) is 6.61 Å². The molecule has 3 rings (SSSR count). The highest BCUT2D eigenvalue weighted by Gasteiger charge is 2.24. The number of aliphatic imine (C=N–C) groups is 1. The van der Waals surface area contributed by atoms with Crippen LogP contribution in [0.5, 0.6) is 0 Å². The van der Waals surface area contributed by atoms with E-state index in [0.717, 1.165) is 37.9 Å². The van der Waals surface area contributed by atoms with Crippen molar-refractivity contribution in [2.75, 3.05) is 18.5 Å². The Morgan fingerprint density at radius 3 is 2.81 bits per heavy atom. The number of benzene rings is 1. The van der Waals surface area contributed by atoms with Crippen LogP contribution in [0.3, 0.4) is 0 Å². The molecule has 0 saturated carbocycles. The second-order valence-electron chi connectivity index (χ2n) is 6.63. The third-order valence-corrected chi connectivity index (χ3v) is 4.66. The number of nitrogens with one attached hydrogen (secondary N) is 1. The Bertz CT molecular complexity index is 686. The molecule has 1 aliphatic heterocycles. The number of unbranched alkanes of at least 4 members (excludes halogenated alkanes) is 1. The molecule has 1 aromatic rings. The molecule has 0 spiro atoms. The van der Waals surface area contributed by atoms with E-state index in [4.69, 9.17) is 16.2 Å². The number of carbonyl (C=O) groups excluding carboxylic acids is 1. The van der Waals surface area contributed by atoms with Crippen LogP contribution in [-0.4, -0.2) is 30.6 Å². The van der Waals surface area contributed by atoms with Gasteiger partial charge in [0.15, 0.2) is 0 Å². The Kier molecular flexibility index (Phi) is 9.36. The van der Waals surface area contributed by atoms with Crippen LogP contribution in [0.15, 0.2) is 29.4 Å². The Hall–Kier alpha value is -2.54. The van der Waals surface area contributed by atoms with E-state index >= 15 is 0 Å². The van der Waals surface area contributed by atoms with E-state index in [1.54, 1.807) is 6.08 Å². The maximum absolute atomic E-state index is 11.2. The fraction of sp³-hybridized carbons (Fsp3) is 0.500. The van der Waals surface area contributed by atoms with Crippen molar-refractivity contribution in [2.24, 2.45) is 16.5 Å². The molecule has 0 bridgehead atoms. The predicted molar refractivity (Wildman–Crippen MR) is 110 cm³/mol. The first-order valence-electron chi connectivity index (χ1n) is 9.33. The highest BCUT2D eigenvalue weighted by molar-refractivity contribution is 5.90. The molecule has 0 fully saturated rings. The highest BCUT2D eigenvalue weighted by atomic mass is 16.5. The van der Waals surface area contributed by atoms with Gasteiger partial charge < -0.3 is 27.0 Å². The first-order chi connectivity index (χ1) is 12.6. The number of rotatable bonds is 5. The zero-order valence-corrected chi connectivity index (χ0v) is 16.3. The van der Waals surface area contributed by atoms with Crippen molar-refractivity contribution in [3.05, 3.63) is 41.1 Å². The van der Waals surface area contributed by atoms with E-state index < -0.39 is 6.03 Å². The van der Waals surface area contributed by atoms with Crippen LogP contribution in [0.25, 0.3) is 0 Å². The molecule has 7 nitrogen and oxygen atoms in total. The first-order valence-corrected chi connectivity index (χ1v) is 9.33. The molecule has 7 heteroatoms. The van der Waals surface area contributed by atoms with Gasteiger partial charge in [0.05, 0.1) is 6.54 Å². The lowest BCUT2D eigenvalue weighted by molar-refractivity contribution is 0.259. The lowest BCUT2D eigenvalue weighted by Crippen LogP contribution is -2.21. The quantitative estimate of drug-likeness (QED) is 0.729. The van der Waals surface area contributed by atoms with Gasteiger partial charge in [-0.3, -0.25) is 0 Å².